The molecule has 3 aromatic heterocycles. The molecule has 0 radical (unpaired) electrons. The number of fused-ring (bicyclic) bond motifs is 16. The van der Waals surface area contributed by atoms with E-state index in [-0.39, 0.29) is 28.5 Å². The molecule has 0 spiro atoms. The van der Waals surface area contributed by atoms with Crippen molar-refractivity contribution in [3.8, 4) is 16.8 Å². The van der Waals surface area contributed by atoms with Crippen LogP contribution >= 0.6 is 0 Å². The zero-order valence-electron chi connectivity index (χ0n) is 38.8. The number of benzene rings is 7. The highest BCUT2D eigenvalue weighted by Crippen LogP contribution is 2.53. The smallest absolute Gasteiger partial charge is 0.333 e. The van der Waals surface area contributed by atoms with Crippen LogP contribution in [0.3, 0.4) is 0 Å². The van der Waals surface area contributed by atoms with Crippen LogP contribution in [0, 0.1) is 0 Å². The summed E-state index contributed by atoms with van der Waals surface area (Å²) in [4.78, 5) is 2.64. The fourth-order valence-corrected chi connectivity index (χ4v) is 10.9. The lowest BCUT2D eigenvalue weighted by atomic mass is 9.43. The van der Waals surface area contributed by atoms with Gasteiger partial charge in [-0.05, 0) is 109 Å². The number of rotatable bonds is 1. The fourth-order valence-electron chi connectivity index (χ4n) is 10.9. The number of nitrogens with zero attached hydrogens (tertiary/aromatic N) is 2. The second kappa shape index (κ2) is 12.3. The maximum absolute atomic E-state index is 7.20. The van der Waals surface area contributed by atoms with Crippen molar-refractivity contribution in [2.24, 2.45) is 0 Å². The summed E-state index contributed by atoms with van der Waals surface area (Å²) in [5.41, 5.74) is 19.8. The first kappa shape index (κ1) is 38.5. The van der Waals surface area contributed by atoms with E-state index in [1.54, 1.807) is 0 Å². The van der Waals surface area contributed by atoms with Gasteiger partial charge in [-0.15, -0.1) is 0 Å². The molecule has 0 unspecified atom stereocenters. The van der Waals surface area contributed by atoms with E-state index in [2.05, 4.69) is 208 Å². The first-order chi connectivity index (χ1) is 29.8. The van der Waals surface area contributed by atoms with E-state index in [0.29, 0.717) is 0 Å². The maximum atomic E-state index is 7.20. The van der Waals surface area contributed by atoms with E-state index >= 15 is 0 Å². The minimum absolute atomic E-state index is 0.00540. The monoisotopic (exact) mass is 822 g/mol. The lowest BCUT2D eigenvalue weighted by molar-refractivity contribution is 0.587. The summed E-state index contributed by atoms with van der Waals surface area (Å²) in [5, 5.41) is 7.00. The summed E-state index contributed by atoms with van der Waals surface area (Å²) in [7, 11) is 0. The third-order valence-electron chi connectivity index (χ3n) is 14.4. The third-order valence-corrected chi connectivity index (χ3v) is 14.4. The molecule has 0 N–H and O–H groups in total. The number of para-hydroxylation sites is 1. The van der Waals surface area contributed by atoms with Crippen LogP contribution in [0.5, 0.6) is 0 Å². The summed E-state index contributed by atoms with van der Waals surface area (Å²) in [6, 6.07) is 44.0. The van der Waals surface area contributed by atoms with Gasteiger partial charge in [0, 0.05) is 55.6 Å². The molecule has 2 aliphatic heterocycles. The van der Waals surface area contributed by atoms with Gasteiger partial charge < -0.3 is 18.2 Å². The average molecular weight is 823 g/mol. The Balaban J connectivity index is 1.32. The number of anilines is 2. The molecule has 5 heteroatoms. The number of furan rings is 2. The summed E-state index contributed by atoms with van der Waals surface area (Å²) in [6.45, 7) is 27.5. The Morgan fingerprint density at radius 3 is 1.79 bits per heavy atom. The molecule has 0 saturated heterocycles. The molecule has 0 aliphatic carbocycles. The molecule has 12 rings (SSSR count). The Kier molecular flexibility index (Phi) is 7.50. The van der Waals surface area contributed by atoms with Gasteiger partial charge in [-0.2, -0.15) is 0 Å². The predicted molar refractivity (Wildman–Crippen MR) is 269 cm³/mol. The lowest BCUT2D eigenvalue weighted by Crippen LogP contribution is -2.60. The molecule has 63 heavy (non-hydrogen) atoms. The van der Waals surface area contributed by atoms with Gasteiger partial charge >= 0.3 is 6.85 Å². The summed E-state index contributed by atoms with van der Waals surface area (Å²) < 4.78 is 16.7. The molecule has 4 nitrogen and oxygen atoms in total. The predicted octanol–water partition coefficient (Wildman–Crippen LogP) is 15.0. The van der Waals surface area contributed by atoms with Crippen molar-refractivity contribution >= 4 is 94.8 Å². The molecular weight excluding hydrogens is 767 g/mol. The van der Waals surface area contributed by atoms with Gasteiger partial charge in [-0.1, -0.05) is 144 Å². The molecular formula is C58H55BN2O2. The Morgan fingerprint density at radius 1 is 0.460 bits per heavy atom. The summed E-state index contributed by atoms with van der Waals surface area (Å²) in [5.74, 6) is 0. The first-order valence-electron chi connectivity index (χ1n) is 22.8. The van der Waals surface area contributed by atoms with Crippen molar-refractivity contribution in [2.75, 3.05) is 4.81 Å². The second-order valence-corrected chi connectivity index (χ2v) is 22.7. The van der Waals surface area contributed by atoms with Crippen LogP contribution in [0.15, 0.2) is 124 Å². The van der Waals surface area contributed by atoms with Crippen molar-refractivity contribution < 1.29 is 8.83 Å². The quantitative estimate of drug-likeness (QED) is 0.155. The van der Waals surface area contributed by atoms with Crippen LogP contribution in [0.25, 0.3) is 82.5 Å². The SMILES string of the molecule is CC(C)(C)c1ccc(N2B3c4cc(C(C)(C)C)ccc4-n4c5ccc(C(C)(C)C)cc5c5c6oc7ccccc7c6c(c3c54)-c3cc4c(cc32)oc2cc(C(C)(C)C)ccc24)cc1. The highest BCUT2D eigenvalue weighted by atomic mass is 16.3. The van der Waals surface area contributed by atoms with E-state index in [1.165, 1.54) is 77.2 Å². The van der Waals surface area contributed by atoms with Crippen LogP contribution in [-0.4, -0.2) is 11.4 Å². The van der Waals surface area contributed by atoms with E-state index in [0.717, 1.165) is 49.9 Å². The van der Waals surface area contributed by atoms with Gasteiger partial charge in [0.2, 0.25) is 0 Å². The van der Waals surface area contributed by atoms with Crippen LogP contribution in [-0.2, 0) is 21.7 Å². The number of hydrogen-bond acceptors (Lipinski definition) is 3. The van der Waals surface area contributed by atoms with E-state index in [1.807, 2.05) is 0 Å². The van der Waals surface area contributed by atoms with Crippen molar-refractivity contribution in [1.29, 1.82) is 0 Å². The van der Waals surface area contributed by atoms with E-state index in [4.69, 9.17) is 8.83 Å². The topological polar surface area (TPSA) is 34.5 Å². The molecule has 0 atom stereocenters. The minimum atomic E-state index is -0.154. The molecule has 0 bridgehead atoms. The normalized spacial score (nSPS) is 14.3. The van der Waals surface area contributed by atoms with Gasteiger partial charge in [0.1, 0.15) is 22.3 Å². The van der Waals surface area contributed by atoms with E-state index < -0.39 is 0 Å². The molecule has 0 fully saturated rings. The maximum Gasteiger partial charge on any atom is 0.333 e. The summed E-state index contributed by atoms with van der Waals surface area (Å²) in [6.07, 6.45) is 0. The Hall–Kier alpha value is -6.20. The zero-order chi connectivity index (χ0) is 43.9. The molecule has 7 aromatic carbocycles. The molecule has 5 heterocycles. The lowest BCUT2D eigenvalue weighted by Gasteiger charge is -2.42. The molecule has 0 saturated carbocycles. The van der Waals surface area contributed by atoms with Gasteiger partial charge in [0.15, 0.2) is 0 Å². The first-order valence-corrected chi connectivity index (χ1v) is 22.8. The second-order valence-electron chi connectivity index (χ2n) is 22.7. The zero-order valence-corrected chi connectivity index (χ0v) is 38.8. The van der Waals surface area contributed by atoms with Crippen molar-refractivity contribution in [3.05, 3.63) is 138 Å². The van der Waals surface area contributed by atoms with Gasteiger partial charge in [-0.25, -0.2) is 0 Å². The van der Waals surface area contributed by atoms with Crippen molar-refractivity contribution in [1.82, 2.24) is 4.57 Å². The number of hydrogen-bond donors (Lipinski definition) is 0. The van der Waals surface area contributed by atoms with Gasteiger partial charge in [0.25, 0.3) is 0 Å². The average Bonchev–Trinajstić information content (AvgIpc) is 3.90. The van der Waals surface area contributed by atoms with Crippen molar-refractivity contribution in [2.45, 2.75) is 105 Å². The Bertz CT molecular complexity index is 3600. The van der Waals surface area contributed by atoms with Crippen LogP contribution in [0.2, 0.25) is 0 Å². The fraction of sp³-hybridized carbons (Fsp3) is 0.276. The molecule has 10 aromatic rings. The van der Waals surface area contributed by atoms with Crippen LogP contribution in [0.4, 0.5) is 11.4 Å². The standard InChI is InChI=1S/C58H55BN2O2/c1-55(2,3)32-17-22-36(23-18-32)61-45-31-48-39(37-24-19-35(58(10,11)12)29-47(37)62-48)30-41(45)49-50-38-15-13-14-16-46(38)63-54(50)51-40-27-33(56(4,5)6)20-25-43(40)60-44-26-21-34(57(7,8)9)28-42(44)59(61)52(49)53(51)60/h13-31H,1-12H3. The Morgan fingerprint density at radius 2 is 1.08 bits per heavy atom. The van der Waals surface area contributed by atoms with Gasteiger partial charge in [0.05, 0.1) is 16.4 Å². The van der Waals surface area contributed by atoms with Crippen molar-refractivity contribution in [3.63, 3.8) is 0 Å². The molecule has 2 aliphatic rings. The largest absolute Gasteiger partial charge is 0.456 e. The number of aromatic nitrogens is 1. The third kappa shape index (κ3) is 5.35. The van der Waals surface area contributed by atoms with Crippen LogP contribution < -0.4 is 15.7 Å². The highest BCUT2D eigenvalue weighted by Gasteiger charge is 2.46. The molecule has 0 amide bonds. The molecule has 312 valence electrons. The van der Waals surface area contributed by atoms with Crippen LogP contribution in [0.1, 0.15) is 105 Å². The Labute approximate surface area is 370 Å². The van der Waals surface area contributed by atoms with Gasteiger partial charge in [-0.3, -0.25) is 0 Å². The minimum Gasteiger partial charge on any atom is -0.456 e. The highest BCUT2D eigenvalue weighted by molar-refractivity contribution is 6.94. The summed E-state index contributed by atoms with van der Waals surface area (Å²) >= 11 is 0. The van der Waals surface area contributed by atoms with E-state index in [9.17, 15) is 0 Å².